The lowest BCUT2D eigenvalue weighted by atomic mass is 9.81. The molecule has 2 fully saturated rings. The van der Waals surface area contributed by atoms with Crippen molar-refractivity contribution in [2.45, 2.75) is 108 Å². The van der Waals surface area contributed by atoms with Gasteiger partial charge in [0.2, 0.25) is 17.7 Å². The van der Waals surface area contributed by atoms with Gasteiger partial charge in [-0.2, -0.15) is 11.8 Å². The summed E-state index contributed by atoms with van der Waals surface area (Å²) in [6, 6.07) is 10.8. The van der Waals surface area contributed by atoms with Gasteiger partial charge in [-0.1, -0.05) is 57.5 Å². The number of aliphatic hydroxyl groups is 1. The van der Waals surface area contributed by atoms with E-state index in [9.17, 15) is 28.3 Å². The van der Waals surface area contributed by atoms with Crippen LogP contribution in [0.25, 0.3) is 0 Å². The van der Waals surface area contributed by atoms with Gasteiger partial charge in [0, 0.05) is 37.4 Å². The molecular weight excluding hydrogens is 622 g/mol. The predicted octanol–water partition coefficient (Wildman–Crippen LogP) is 4.38. The van der Waals surface area contributed by atoms with Crippen molar-refractivity contribution in [1.29, 1.82) is 0 Å². The third kappa shape index (κ3) is 9.32. The minimum Gasteiger partial charge on any atom is -0.389 e. The van der Waals surface area contributed by atoms with Gasteiger partial charge in [-0.05, 0) is 73.5 Å². The number of benzene rings is 2. The Morgan fingerprint density at radius 3 is 2.47 bits per heavy atom. The summed E-state index contributed by atoms with van der Waals surface area (Å²) in [5, 5.41) is 21.3. The summed E-state index contributed by atoms with van der Waals surface area (Å²) in [6.07, 6.45) is 2.52. The number of thioether (sulfide) groups is 1. The Morgan fingerprint density at radius 1 is 1.13 bits per heavy atom. The van der Waals surface area contributed by atoms with Crippen LogP contribution in [0.5, 0.6) is 0 Å². The highest BCUT2D eigenvalue weighted by molar-refractivity contribution is 7.99. The second-order valence-electron chi connectivity index (χ2n) is 13.1. The normalized spacial score (nSPS) is 23.7. The topological polar surface area (TPSA) is 111 Å². The van der Waals surface area contributed by atoms with Gasteiger partial charge in [-0.3, -0.25) is 14.4 Å². The number of amides is 3. The molecule has 2 aromatic carbocycles. The lowest BCUT2D eigenvalue weighted by Crippen LogP contribution is -2.61. The van der Waals surface area contributed by atoms with Gasteiger partial charge in [-0.25, -0.2) is 8.78 Å². The maximum absolute atomic E-state index is 14.4. The maximum atomic E-state index is 14.4. The highest BCUT2D eigenvalue weighted by Gasteiger charge is 2.53. The van der Waals surface area contributed by atoms with E-state index in [1.807, 2.05) is 55.9 Å². The van der Waals surface area contributed by atoms with Crippen molar-refractivity contribution in [2.75, 3.05) is 18.8 Å². The van der Waals surface area contributed by atoms with E-state index >= 15 is 0 Å². The molecule has 1 unspecified atom stereocenters. The van der Waals surface area contributed by atoms with Crippen LogP contribution in [-0.2, 0) is 27.2 Å². The molecule has 2 saturated heterocycles. The Hall–Kier alpha value is -3.02. The summed E-state index contributed by atoms with van der Waals surface area (Å²) in [7, 11) is 0. The third-order valence-corrected chi connectivity index (χ3v) is 11.2. The Balaban J connectivity index is 1.63. The van der Waals surface area contributed by atoms with Crippen molar-refractivity contribution in [3.05, 3.63) is 71.3 Å². The lowest BCUT2D eigenvalue weighted by molar-refractivity contribution is -0.144. The molecule has 4 rings (SSSR count). The van der Waals surface area contributed by atoms with Gasteiger partial charge in [0.1, 0.15) is 23.2 Å². The summed E-state index contributed by atoms with van der Waals surface area (Å²) >= 11 is 1.84. The number of nitrogens with one attached hydrogen (secondary N) is 3. The monoisotopic (exact) mass is 672 g/mol. The van der Waals surface area contributed by atoms with E-state index in [-0.39, 0.29) is 36.7 Å². The van der Waals surface area contributed by atoms with Crippen LogP contribution < -0.4 is 16.0 Å². The van der Waals surface area contributed by atoms with Crippen LogP contribution in [0, 0.1) is 17.6 Å². The second-order valence-corrected chi connectivity index (χ2v) is 14.5. The van der Waals surface area contributed by atoms with Crippen LogP contribution >= 0.6 is 11.8 Å². The van der Waals surface area contributed by atoms with Gasteiger partial charge in [0.25, 0.3) is 0 Å². The van der Waals surface area contributed by atoms with Crippen molar-refractivity contribution in [2.24, 2.45) is 5.92 Å². The molecule has 2 aromatic rings. The molecule has 258 valence electrons. The maximum Gasteiger partial charge on any atom is 0.249 e. The number of hydrogen-bond donors (Lipinski definition) is 4. The lowest BCUT2D eigenvalue weighted by Gasteiger charge is -2.36. The van der Waals surface area contributed by atoms with E-state index in [0.717, 1.165) is 23.8 Å². The van der Waals surface area contributed by atoms with Crippen LogP contribution in [-0.4, -0.2) is 81.6 Å². The molecule has 2 aliphatic rings. The van der Waals surface area contributed by atoms with Crippen LogP contribution in [0.4, 0.5) is 8.78 Å². The molecule has 47 heavy (non-hydrogen) atoms. The molecule has 7 atom stereocenters. The van der Waals surface area contributed by atoms with Gasteiger partial charge in [0.15, 0.2) is 0 Å². The first-order chi connectivity index (χ1) is 22.5. The van der Waals surface area contributed by atoms with Crippen molar-refractivity contribution in [3.8, 4) is 0 Å². The molecule has 0 radical (unpaired) electrons. The number of rotatable bonds is 16. The van der Waals surface area contributed by atoms with E-state index in [1.54, 1.807) is 4.90 Å². The highest BCUT2D eigenvalue weighted by atomic mass is 32.2. The number of likely N-dealkylation sites (tertiary alicyclic amines) is 1. The summed E-state index contributed by atoms with van der Waals surface area (Å²) < 4.78 is 28.5. The fourth-order valence-electron chi connectivity index (χ4n) is 7.00. The van der Waals surface area contributed by atoms with Gasteiger partial charge < -0.3 is 26.0 Å². The first kappa shape index (κ1) is 36.8. The molecule has 3 amide bonds. The van der Waals surface area contributed by atoms with Crippen molar-refractivity contribution < 1.29 is 28.3 Å². The van der Waals surface area contributed by atoms with E-state index < -0.39 is 41.3 Å². The van der Waals surface area contributed by atoms with E-state index in [4.69, 9.17) is 0 Å². The van der Waals surface area contributed by atoms with E-state index in [0.29, 0.717) is 49.5 Å². The average molecular weight is 673 g/mol. The molecule has 11 heteroatoms. The van der Waals surface area contributed by atoms with Gasteiger partial charge in [0.05, 0.1) is 12.1 Å². The fourth-order valence-corrected chi connectivity index (χ4v) is 8.12. The van der Waals surface area contributed by atoms with Crippen LogP contribution in [0.1, 0.15) is 70.9 Å². The minimum atomic E-state index is -1.12. The molecule has 0 aliphatic carbocycles. The number of halogens is 2. The molecule has 0 bridgehead atoms. The molecular formula is C36H50F2N4O4S. The average Bonchev–Trinajstić information content (AvgIpc) is 3.64. The SMILES string of the molecule is CCCS[C@H]1CN[C@@H]([C@@H](O)[C@H](Cc2cc(F)cc(F)c2)NC(=O)[C@H](CCc2ccccc2)N2CC[C@](NC(C)=O)(C(C)CC)C2=O)C1. The Kier molecular flexibility index (Phi) is 13.2. The summed E-state index contributed by atoms with van der Waals surface area (Å²) in [5.74, 6) is -1.70. The van der Waals surface area contributed by atoms with E-state index in [1.165, 1.54) is 19.1 Å². The number of aryl methyl sites for hydroxylation is 1. The summed E-state index contributed by atoms with van der Waals surface area (Å²) in [4.78, 5) is 42.4. The number of aliphatic hydroxyl groups excluding tert-OH is 1. The van der Waals surface area contributed by atoms with Crippen molar-refractivity contribution in [3.63, 3.8) is 0 Å². The minimum absolute atomic E-state index is 0.00537. The smallest absolute Gasteiger partial charge is 0.249 e. The molecule has 2 aliphatic heterocycles. The third-order valence-electron chi connectivity index (χ3n) is 9.68. The fraction of sp³-hybridized carbons (Fsp3) is 0.583. The molecule has 4 N–H and O–H groups in total. The first-order valence-electron chi connectivity index (χ1n) is 16.9. The summed E-state index contributed by atoms with van der Waals surface area (Å²) in [5.41, 5.74) is 0.189. The summed E-state index contributed by atoms with van der Waals surface area (Å²) in [6.45, 7) is 8.40. The number of carbonyl (C=O) groups excluding carboxylic acids is 3. The molecule has 0 spiro atoms. The number of nitrogens with zero attached hydrogens (tertiary/aromatic N) is 1. The van der Waals surface area contributed by atoms with Crippen molar-refractivity contribution in [1.82, 2.24) is 20.9 Å². The zero-order chi connectivity index (χ0) is 34.1. The molecule has 0 aromatic heterocycles. The van der Waals surface area contributed by atoms with Gasteiger partial charge >= 0.3 is 0 Å². The first-order valence-corrected chi connectivity index (χ1v) is 17.9. The van der Waals surface area contributed by atoms with Crippen LogP contribution in [0.15, 0.2) is 48.5 Å². The highest BCUT2D eigenvalue weighted by Crippen LogP contribution is 2.35. The predicted molar refractivity (Wildman–Crippen MR) is 182 cm³/mol. The zero-order valence-corrected chi connectivity index (χ0v) is 28.8. The van der Waals surface area contributed by atoms with Crippen LogP contribution in [0.3, 0.4) is 0 Å². The number of hydrogen-bond acceptors (Lipinski definition) is 6. The van der Waals surface area contributed by atoms with Gasteiger partial charge in [-0.15, -0.1) is 0 Å². The largest absolute Gasteiger partial charge is 0.389 e. The van der Waals surface area contributed by atoms with Crippen molar-refractivity contribution >= 4 is 29.5 Å². The standard InChI is InChI=1S/C36H50F2N4O4S/c1-5-16-47-29-21-30(39-22-29)33(44)31(19-26-17-27(37)20-28(38)18-26)40-34(45)32(13-12-25-10-8-7-9-11-25)42-15-14-36(35(42)46,23(3)6-2)41-24(4)43/h7-11,17-18,20,23,29-33,39,44H,5-6,12-16,19,21-22H2,1-4H3,(H,40,45)(H,41,43)/t23?,29-,30-,31+,32+,33-,36+/m1/s1. The zero-order valence-electron chi connectivity index (χ0n) is 27.9. The van der Waals surface area contributed by atoms with E-state index in [2.05, 4.69) is 22.9 Å². The Labute approximate surface area is 281 Å². The Morgan fingerprint density at radius 2 is 1.83 bits per heavy atom. The molecule has 0 saturated carbocycles. The van der Waals surface area contributed by atoms with Crippen LogP contribution in [0.2, 0.25) is 0 Å². The quantitative estimate of drug-likeness (QED) is 0.211. The number of carbonyl (C=O) groups is 3. The molecule has 8 nitrogen and oxygen atoms in total. The molecule has 2 heterocycles. The second kappa shape index (κ2) is 16.9. The Bertz CT molecular complexity index is 1350.